The number of ether oxygens (including phenoxy) is 1. The molecule has 7 heteroatoms. The zero-order valence-corrected chi connectivity index (χ0v) is 11.6. The van der Waals surface area contributed by atoms with Crippen LogP contribution in [0.2, 0.25) is 0 Å². The molecule has 0 bridgehead atoms. The van der Waals surface area contributed by atoms with E-state index in [2.05, 4.69) is 5.32 Å². The number of alkyl halides is 1. The molecule has 0 saturated carbocycles. The molecule has 0 aromatic carbocycles. The second kappa shape index (κ2) is 5.54. The molecule has 1 fully saturated rings. The summed E-state index contributed by atoms with van der Waals surface area (Å²) in [5.74, 6) is -0.228. The topological polar surface area (TPSA) is 72.5 Å². The zero-order chi connectivity index (χ0) is 13.1. The summed E-state index contributed by atoms with van der Waals surface area (Å²) in [4.78, 5) is 11.8. The van der Waals surface area contributed by atoms with Gasteiger partial charge in [0.1, 0.15) is 5.25 Å². The molecular formula is C10H18ClNO4S. The van der Waals surface area contributed by atoms with Crippen molar-refractivity contribution in [3.05, 3.63) is 0 Å². The molecule has 0 radical (unpaired) electrons. The molecule has 1 rings (SSSR count). The van der Waals surface area contributed by atoms with Crippen molar-refractivity contribution in [3.8, 4) is 0 Å². The molecule has 1 heterocycles. The van der Waals surface area contributed by atoms with Gasteiger partial charge in [-0.3, -0.25) is 4.79 Å². The lowest BCUT2D eigenvalue weighted by Gasteiger charge is -2.36. The number of hydrogen-bond donors (Lipinski definition) is 1. The lowest BCUT2D eigenvalue weighted by Crippen LogP contribution is -2.56. The van der Waals surface area contributed by atoms with Crippen molar-refractivity contribution in [2.75, 3.05) is 25.3 Å². The monoisotopic (exact) mass is 283 g/mol. The van der Waals surface area contributed by atoms with Crippen LogP contribution in [0.1, 0.15) is 19.8 Å². The van der Waals surface area contributed by atoms with E-state index in [-0.39, 0.29) is 5.88 Å². The number of amides is 1. The lowest BCUT2D eigenvalue weighted by molar-refractivity contribution is -0.123. The third kappa shape index (κ3) is 3.82. The number of carbonyl (C=O) groups is 1. The van der Waals surface area contributed by atoms with Crippen LogP contribution in [-0.2, 0) is 19.4 Å². The first-order valence-electron chi connectivity index (χ1n) is 5.45. The molecule has 1 unspecified atom stereocenters. The van der Waals surface area contributed by atoms with Gasteiger partial charge >= 0.3 is 0 Å². The molecule has 0 aromatic heterocycles. The Labute approximate surface area is 107 Å². The number of halogens is 1. The minimum atomic E-state index is -3.37. The summed E-state index contributed by atoms with van der Waals surface area (Å²) in [6.07, 6.45) is 2.27. The van der Waals surface area contributed by atoms with Crippen molar-refractivity contribution >= 4 is 27.3 Å². The zero-order valence-electron chi connectivity index (χ0n) is 10.0. The van der Waals surface area contributed by atoms with Crippen LogP contribution in [0.3, 0.4) is 0 Å². The average molecular weight is 284 g/mol. The average Bonchev–Trinajstić information content (AvgIpc) is 2.28. The minimum absolute atomic E-state index is 0.262. The molecular weight excluding hydrogens is 266 g/mol. The Bertz CT molecular complexity index is 376. The van der Waals surface area contributed by atoms with Crippen LogP contribution in [-0.4, -0.2) is 50.5 Å². The predicted molar refractivity (Wildman–Crippen MR) is 66.0 cm³/mol. The second-order valence-corrected chi connectivity index (χ2v) is 7.12. The van der Waals surface area contributed by atoms with E-state index in [0.29, 0.717) is 26.1 Å². The van der Waals surface area contributed by atoms with E-state index < -0.39 is 26.5 Å². The fraction of sp³-hybridized carbons (Fsp3) is 0.900. The Balaban J connectivity index is 2.72. The van der Waals surface area contributed by atoms with Gasteiger partial charge < -0.3 is 10.1 Å². The van der Waals surface area contributed by atoms with Crippen LogP contribution in [0.4, 0.5) is 0 Å². The molecule has 0 aliphatic carbocycles. The van der Waals surface area contributed by atoms with Crippen molar-refractivity contribution in [3.63, 3.8) is 0 Å². The maximum atomic E-state index is 11.8. The van der Waals surface area contributed by atoms with E-state index in [1.54, 1.807) is 0 Å². The molecule has 0 aromatic rings. The van der Waals surface area contributed by atoms with Crippen molar-refractivity contribution in [2.45, 2.75) is 30.6 Å². The summed E-state index contributed by atoms with van der Waals surface area (Å²) in [5.41, 5.74) is -0.532. The highest BCUT2D eigenvalue weighted by molar-refractivity contribution is 7.92. The SMILES string of the molecule is CC(C(=O)NC1(CCl)CCOCC1)S(C)(=O)=O. The summed E-state index contributed by atoms with van der Waals surface area (Å²) in [6.45, 7) is 2.44. The molecule has 1 atom stereocenters. The van der Waals surface area contributed by atoms with Crippen molar-refractivity contribution in [2.24, 2.45) is 0 Å². The van der Waals surface area contributed by atoms with Gasteiger partial charge in [-0.15, -0.1) is 11.6 Å². The summed E-state index contributed by atoms with van der Waals surface area (Å²) in [6, 6.07) is 0. The maximum absolute atomic E-state index is 11.8. The van der Waals surface area contributed by atoms with Gasteiger partial charge in [-0.25, -0.2) is 8.42 Å². The van der Waals surface area contributed by atoms with Crippen molar-refractivity contribution < 1.29 is 17.9 Å². The first kappa shape index (κ1) is 14.7. The predicted octanol–water partition coefficient (Wildman–Crippen LogP) is 0.324. The highest BCUT2D eigenvalue weighted by atomic mass is 35.5. The molecule has 1 aliphatic heterocycles. The van der Waals surface area contributed by atoms with E-state index in [9.17, 15) is 13.2 Å². The van der Waals surface area contributed by atoms with Crippen LogP contribution in [0.5, 0.6) is 0 Å². The summed E-state index contributed by atoms with van der Waals surface area (Å²) >= 11 is 5.88. The van der Waals surface area contributed by atoms with Crippen LogP contribution in [0.15, 0.2) is 0 Å². The molecule has 100 valence electrons. The van der Waals surface area contributed by atoms with Crippen LogP contribution >= 0.6 is 11.6 Å². The minimum Gasteiger partial charge on any atom is -0.381 e. The van der Waals surface area contributed by atoms with Gasteiger partial charge in [-0.2, -0.15) is 0 Å². The van der Waals surface area contributed by atoms with Gasteiger partial charge in [0, 0.05) is 25.3 Å². The second-order valence-electron chi connectivity index (χ2n) is 4.49. The maximum Gasteiger partial charge on any atom is 0.238 e. The van der Waals surface area contributed by atoms with E-state index in [4.69, 9.17) is 16.3 Å². The molecule has 5 nitrogen and oxygen atoms in total. The van der Waals surface area contributed by atoms with Crippen LogP contribution in [0.25, 0.3) is 0 Å². The Morgan fingerprint density at radius 3 is 2.41 bits per heavy atom. The summed E-state index contributed by atoms with van der Waals surface area (Å²) in [7, 11) is -3.37. The van der Waals surface area contributed by atoms with Gasteiger partial charge in [-0.1, -0.05) is 0 Å². The third-order valence-corrected chi connectivity index (χ3v) is 5.12. The normalized spacial score (nSPS) is 21.8. The fourth-order valence-electron chi connectivity index (χ4n) is 1.61. The Morgan fingerprint density at radius 1 is 1.47 bits per heavy atom. The number of sulfone groups is 1. The van der Waals surface area contributed by atoms with Gasteiger partial charge in [0.25, 0.3) is 0 Å². The van der Waals surface area contributed by atoms with E-state index in [1.807, 2.05) is 0 Å². The van der Waals surface area contributed by atoms with Gasteiger partial charge in [0.05, 0.1) is 5.54 Å². The molecule has 1 N–H and O–H groups in total. The first-order chi connectivity index (χ1) is 7.81. The molecule has 1 aliphatic rings. The Kier molecular flexibility index (Phi) is 4.80. The molecule has 1 saturated heterocycles. The van der Waals surface area contributed by atoms with E-state index in [0.717, 1.165) is 6.26 Å². The molecule has 17 heavy (non-hydrogen) atoms. The first-order valence-corrected chi connectivity index (χ1v) is 7.94. The van der Waals surface area contributed by atoms with Crippen LogP contribution < -0.4 is 5.32 Å². The van der Waals surface area contributed by atoms with E-state index >= 15 is 0 Å². The summed E-state index contributed by atoms with van der Waals surface area (Å²) in [5, 5.41) is 1.71. The smallest absolute Gasteiger partial charge is 0.238 e. The number of rotatable bonds is 4. The summed E-state index contributed by atoms with van der Waals surface area (Å²) < 4.78 is 27.8. The standard InChI is InChI=1S/C10H18ClNO4S/c1-8(17(2,14)15)9(13)12-10(7-11)3-5-16-6-4-10/h8H,3-7H2,1-2H3,(H,12,13). The molecule has 1 amide bonds. The van der Waals surface area contributed by atoms with Crippen LogP contribution in [0, 0.1) is 0 Å². The largest absolute Gasteiger partial charge is 0.381 e. The van der Waals surface area contributed by atoms with Gasteiger partial charge in [0.15, 0.2) is 9.84 Å². The Morgan fingerprint density at radius 2 is 2.00 bits per heavy atom. The van der Waals surface area contributed by atoms with Gasteiger partial charge in [0.2, 0.25) is 5.91 Å². The number of hydrogen-bond acceptors (Lipinski definition) is 4. The quantitative estimate of drug-likeness (QED) is 0.755. The Hall–Kier alpha value is -0.330. The fourth-order valence-corrected chi connectivity index (χ4v) is 2.39. The lowest BCUT2D eigenvalue weighted by atomic mass is 9.92. The number of nitrogens with one attached hydrogen (secondary N) is 1. The van der Waals surface area contributed by atoms with Gasteiger partial charge in [-0.05, 0) is 19.8 Å². The highest BCUT2D eigenvalue weighted by Crippen LogP contribution is 2.22. The third-order valence-electron chi connectivity index (χ3n) is 3.11. The number of carbonyl (C=O) groups excluding carboxylic acids is 1. The molecule has 0 spiro atoms. The van der Waals surface area contributed by atoms with Crippen molar-refractivity contribution in [1.82, 2.24) is 5.32 Å². The highest BCUT2D eigenvalue weighted by Gasteiger charge is 2.36. The van der Waals surface area contributed by atoms with Crippen molar-refractivity contribution in [1.29, 1.82) is 0 Å². The van der Waals surface area contributed by atoms with E-state index in [1.165, 1.54) is 6.92 Å².